The molecule has 0 bridgehead atoms. The molecule has 0 aliphatic heterocycles. The normalized spacial score (nSPS) is 14.6. The Balaban J connectivity index is 0.00000154. The second-order valence-corrected chi connectivity index (χ2v) is 19.0. The summed E-state index contributed by atoms with van der Waals surface area (Å²) < 4.78 is 6.46. The SMILES string of the molecule is CC(C)(C)c1cc(C(=O)Oc2c(C(C)(C)C)cc(C(=O)O)c(-c3ccc(C4(C)CC4)cc3)c2C(C)(C)C)cc(C(C)(C)C)c1O.CC(C)C. The van der Waals surface area contributed by atoms with Crippen molar-refractivity contribution in [1.82, 2.24) is 0 Å². The van der Waals surface area contributed by atoms with E-state index in [1.165, 1.54) is 5.56 Å². The Kier molecular flexibility index (Phi) is 11.1. The lowest BCUT2D eigenvalue weighted by atomic mass is 9.74. The lowest BCUT2D eigenvalue weighted by Crippen LogP contribution is -2.25. The molecular weight excluding hydrogens is 608 g/mol. The Morgan fingerprint density at radius 3 is 1.49 bits per heavy atom. The molecule has 1 aliphatic carbocycles. The fraction of sp³-hybridized carbons (Fsp3) is 0.545. The number of phenolic OH excluding ortho intramolecular Hbond substituents is 1. The van der Waals surface area contributed by atoms with Crippen molar-refractivity contribution in [3.63, 3.8) is 0 Å². The van der Waals surface area contributed by atoms with E-state index in [0.29, 0.717) is 39.1 Å². The predicted octanol–water partition coefficient (Wildman–Crippen LogP) is 11.9. The first-order valence-corrected chi connectivity index (χ1v) is 17.8. The zero-order valence-corrected chi connectivity index (χ0v) is 33.2. The van der Waals surface area contributed by atoms with E-state index < -0.39 is 33.6 Å². The quantitative estimate of drug-likeness (QED) is 0.208. The van der Waals surface area contributed by atoms with Gasteiger partial charge in [0.15, 0.2) is 0 Å². The summed E-state index contributed by atoms with van der Waals surface area (Å²) >= 11 is 0. The van der Waals surface area contributed by atoms with E-state index in [1.807, 2.05) is 95.2 Å². The van der Waals surface area contributed by atoms with Crippen LogP contribution in [0.1, 0.15) is 172 Å². The van der Waals surface area contributed by atoms with E-state index in [-0.39, 0.29) is 16.7 Å². The van der Waals surface area contributed by atoms with Gasteiger partial charge in [-0.1, -0.05) is 135 Å². The number of carbonyl (C=O) groups is 2. The third-order valence-electron chi connectivity index (χ3n) is 9.10. The average molecular weight is 671 g/mol. The molecule has 1 saturated carbocycles. The van der Waals surface area contributed by atoms with E-state index >= 15 is 0 Å². The van der Waals surface area contributed by atoms with Crippen molar-refractivity contribution in [1.29, 1.82) is 0 Å². The topological polar surface area (TPSA) is 83.8 Å². The average Bonchev–Trinajstić information content (AvgIpc) is 3.68. The molecule has 49 heavy (non-hydrogen) atoms. The van der Waals surface area contributed by atoms with Crippen LogP contribution in [-0.2, 0) is 27.1 Å². The summed E-state index contributed by atoms with van der Waals surface area (Å²) in [4.78, 5) is 27.2. The zero-order valence-electron chi connectivity index (χ0n) is 33.2. The van der Waals surface area contributed by atoms with Gasteiger partial charge in [-0.2, -0.15) is 0 Å². The molecule has 0 amide bonds. The van der Waals surface area contributed by atoms with Gasteiger partial charge in [-0.15, -0.1) is 0 Å². The number of hydrogen-bond donors (Lipinski definition) is 2. The van der Waals surface area contributed by atoms with Crippen LogP contribution in [0.5, 0.6) is 11.5 Å². The van der Waals surface area contributed by atoms with Crippen molar-refractivity contribution in [3.8, 4) is 22.6 Å². The highest BCUT2D eigenvalue weighted by Gasteiger charge is 2.39. The molecule has 2 N–H and O–H groups in total. The minimum atomic E-state index is -1.03. The highest BCUT2D eigenvalue weighted by atomic mass is 16.5. The lowest BCUT2D eigenvalue weighted by molar-refractivity contribution is 0.0697. The number of aromatic carboxylic acids is 1. The van der Waals surface area contributed by atoms with Crippen LogP contribution in [0, 0.1) is 5.92 Å². The van der Waals surface area contributed by atoms with Gasteiger partial charge in [-0.25, -0.2) is 9.59 Å². The van der Waals surface area contributed by atoms with Crippen LogP contribution >= 0.6 is 0 Å². The number of benzene rings is 3. The summed E-state index contributed by atoms with van der Waals surface area (Å²) in [7, 11) is 0. The molecule has 0 heterocycles. The number of carboxylic acids is 1. The monoisotopic (exact) mass is 670 g/mol. The zero-order chi connectivity index (χ0) is 37.7. The maximum atomic E-state index is 14.3. The van der Waals surface area contributed by atoms with Gasteiger partial charge in [0.25, 0.3) is 0 Å². The number of hydrogen-bond acceptors (Lipinski definition) is 4. The summed E-state index contributed by atoms with van der Waals surface area (Å²) in [5, 5.41) is 21.8. The molecule has 5 nitrogen and oxygen atoms in total. The number of aromatic hydroxyl groups is 1. The fourth-order valence-electron chi connectivity index (χ4n) is 6.07. The first kappa shape index (κ1) is 39.8. The van der Waals surface area contributed by atoms with Gasteiger partial charge in [0, 0.05) is 27.8 Å². The Morgan fingerprint density at radius 2 is 1.14 bits per heavy atom. The van der Waals surface area contributed by atoms with Crippen molar-refractivity contribution in [2.45, 2.75) is 151 Å². The first-order chi connectivity index (χ1) is 22.1. The van der Waals surface area contributed by atoms with Crippen molar-refractivity contribution in [2.24, 2.45) is 5.92 Å². The summed E-state index contributed by atoms with van der Waals surface area (Å²) in [6, 6.07) is 13.3. The van der Waals surface area contributed by atoms with Crippen molar-refractivity contribution < 1.29 is 24.5 Å². The minimum Gasteiger partial charge on any atom is -0.507 e. The fourth-order valence-corrected chi connectivity index (χ4v) is 6.07. The van der Waals surface area contributed by atoms with Gasteiger partial charge >= 0.3 is 11.9 Å². The van der Waals surface area contributed by atoms with E-state index in [2.05, 4.69) is 39.8 Å². The molecule has 0 spiro atoms. The van der Waals surface area contributed by atoms with Crippen molar-refractivity contribution in [2.75, 3.05) is 0 Å². The number of carbonyl (C=O) groups excluding carboxylic acids is 1. The number of phenols is 1. The molecule has 0 radical (unpaired) electrons. The Morgan fingerprint density at radius 1 is 0.714 bits per heavy atom. The highest BCUT2D eigenvalue weighted by molar-refractivity contribution is 6.00. The Bertz CT molecular complexity index is 1650. The maximum Gasteiger partial charge on any atom is 0.343 e. The molecule has 4 rings (SSSR count). The molecular formula is C44H62O5. The van der Waals surface area contributed by atoms with Crippen LogP contribution in [0.15, 0.2) is 42.5 Å². The van der Waals surface area contributed by atoms with Gasteiger partial charge in [0.05, 0.1) is 11.1 Å². The summed E-state index contributed by atoms with van der Waals surface area (Å²) in [6.07, 6.45) is 2.29. The van der Waals surface area contributed by atoms with E-state index in [4.69, 9.17) is 4.74 Å². The smallest absolute Gasteiger partial charge is 0.343 e. The number of ether oxygens (including phenoxy) is 1. The Hall–Kier alpha value is -3.60. The van der Waals surface area contributed by atoms with Crippen molar-refractivity contribution in [3.05, 3.63) is 81.4 Å². The van der Waals surface area contributed by atoms with E-state index in [1.54, 1.807) is 18.2 Å². The maximum absolute atomic E-state index is 14.3. The highest BCUT2D eigenvalue weighted by Crippen LogP contribution is 2.50. The third-order valence-corrected chi connectivity index (χ3v) is 9.10. The van der Waals surface area contributed by atoms with Crippen LogP contribution in [-0.4, -0.2) is 22.2 Å². The molecule has 0 saturated heterocycles. The molecule has 268 valence electrons. The van der Waals surface area contributed by atoms with Crippen LogP contribution < -0.4 is 4.74 Å². The summed E-state index contributed by atoms with van der Waals surface area (Å²) in [6.45, 7) is 32.8. The van der Waals surface area contributed by atoms with Crippen LogP contribution in [0.25, 0.3) is 11.1 Å². The van der Waals surface area contributed by atoms with Crippen LogP contribution in [0.2, 0.25) is 0 Å². The van der Waals surface area contributed by atoms with Gasteiger partial charge in [0.1, 0.15) is 11.5 Å². The predicted molar refractivity (Wildman–Crippen MR) is 204 cm³/mol. The minimum absolute atomic E-state index is 0.180. The third kappa shape index (κ3) is 9.15. The molecule has 1 fully saturated rings. The van der Waals surface area contributed by atoms with Crippen LogP contribution in [0.3, 0.4) is 0 Å². The second kappa shape index (κ2) is 13.6. The largest absolute Gasteiger partial charge is 0.507 e. The van der Waals surface area contributed by atoms with E-state index in [0.717, 1.165) is 24.3 Å². The molecule has 5 heteroatoms. The van der Waals surface area contributed by atoms with E-state index in [9.17, 15) is 19.8 Å². The number of rotatable bonds is 5. The molecule has 0 atom stereocenters. The molecule has 1 aliphatic rings. The number of carboxylic acid groups (broad SMARTS) is 1. The van der Waals surface area contributed by atoms with Gasteiger partial charge in [-0.3, -0.25) is 0 Å². The van der Waals surface area contributed by atoms with Crippen LogP contribution in [0.4, 0.5) is 0 Å². The molecule has 0 unspecified atom stereocenters. The summed E-state index contributed by atoms with van der Waals surface area (Å²) in [5.41, 5.74) is 3.98. The molecule has 3 aromatic rings. The molecule has 0 aromatic heterocycles. The second-order valence-electron chi connectivity index (χ2n) is 19.0. The van der Waals surface area contributed by atoms with Gasteiger partial charge in [-0.05, 0) is 75.2 Å². The lowest BCUT2D eigenvalue weighted by Gasteiger charge is -2.33. The number of esters is 1. The summed E-state index contributed by atoms with van der Waals surface area (Å²) in [5.74, 6) is -0.164. The van der Waals surface area contributed by atoms with Gasteiger partial charge in [0.2, 0.25) is 0 Å². The molecule has 3 aromatic carbocycles. The van der Waals surface area contributed by atoms with Gasteiger partial charge < -0.3 is 14.9 Å². The van der Waals surface area contributed by atoms with Crippen molar-refractivity contribution >= 4 is 11.9 Å². The first-order valence-electron chi connectivity index (χ1n) is 17.8. The Labute approximate surface area is 296 Å². The standard InChI is InChI=1S/C40H52O5.C4H10/c1-36(2,3)27-20-24(21-28(32(27)41)37(4,5)6)35(44)45-33-29(38(7,8)9)22-26(34(42)43)30(31(33)39(10,11)12)23-14-16-25(17-15-23)40(13)18-19-40;1-4(2)3/h14-17,20-22,41H,18-19H2,1-13H3,(H,42,43);4H,1-3H3.